The van der Waals surface area contributed by atoms with Crippen LogP contribution in [0.1, 0.15) is 18.0 Å². The van der Waals surface area contributed by atoms with Gasteiger partial charge in [0.25, 0.3) is 11.1 Å². The SMILES string of the molecule is Cn1c(=O)c2c(ncn2CC(O)C[NH+]2CC3CC(C2)c2cccc(=O)n2C3)n(C)c1=O. The Morgan fingerprint density at radius 3 is 2.81 bits per heavy atom. The third kappa shape index (κ3) is 3.26. The molecule has 0 amide bonds. The summed E-state index contributed by atoms with van der Waals surface area (Å²) in [7, 11) is 3.02. The number of nitrogens with one attached hydrogen (secondary N) is 1. The number of hydrogen-bond donors (Lipinski definition) is 2. The van der Waals surface area contributed by atoms with E-state index in [-0.39, 0.29) is 12.1 Å². The zero-order chi connectivity index (χ0) is 21.9. The third-order valence-electron chi connectivity index (χ3n) is 6.82. The van der Waals surface area contributed by atoms with Gasteiger partial charge in [0.2, 0.25) is 0 Å². The Bertz CT molecular complexity index is 1330. The van der Waals surface area contributed by atoms with E-state index in [1.165, 1.54) is 22.8 Å². The summed E-state index contributed by atoms with van der Waals surface area (Å²) in [5.74, 6) is 0.740. The van der Waals surface area contributed by atoms with Gasteiger partial charge in [0.1, 0.15) is 12.6 Å². The summed E-state index contributed by atoms with van der Waals surface area (Å²) in [5.41, 5.74) is 0.973. The fourth-order valence-electron chi connectivity index (χ4n) is 5.45. The molecule has 5 heterocycles. The quantitative estimate of drug-likeness (QED) is 0.485. The number of aromatic nitrogens is 5. The molecule has 31 heavy (non-hydrogen) atoms. The van der Waals surface area contributed by atoms with E-state index in [0.717, 1.165) is 36.3 Å². The van der Waals surface area contributed by atoms with Gasteiger partial charge in [-0.3, -0.25) is 18.7 Å². The van der Waals surface area contributed by atoms with E-state index in [1.54, 1.807) is 17.7 Å². The van der Waals surface area contributed by atoms with E-state index < -0.39 is 17.4 Å². The first-order valence-electron chi connectivity index (χ1n) is 10.7. The van der Waals surface area contributed by atoms with Crippen LogP contribution >= 0.6 is 0 Å². The van der Waals surface area contributed by atoms with Crippen molar-refractivity contribution >= 4 is 11.2 Å². The molecule has 2 aliphatic rings. The van der Waals surface area contributed by atoms with Gasteiger partial charge in [0.15, 0.2) is 11.2 Å². The first-order valence-corrected chi connectivity index (χ1v) is 10.7. The number of rotatable bonds is 4. The van der Waals surface area contributed by atoms with Gasteiger partial charge in [-0.15, -0.1) is 0 Å². The normalized spacial score (nSPS) is 23.6. The van der Waals surface area contributed by atoms with E-state index in [9.17, 15) is 19.5 Å². The van der Waals surface area contributed by atoms with E-state index in [4.69, 9.17) is 0 Å². The van der Waals surface area contributed by atoms with Gasteiger partial charge in [0.05, 0.1) is 26.0 Å². The molecule has 4 atom stereocenters. The summed E-state index contributed by atoms with van der Waals surface area (Å²) in [4.78, 5) is 42.4. The largest absolute Gasteiger partial charge is 0.385 e. The Hall–Kier alpha value is -2.98. The highest BCUT2D eigenvalue weighted by Crippen LogP contribution is 2.30. The number of aryl methyl sites for hydroxylation is 1. The predicted molar refractivity (Wildman–Crippen MR) is 113 cm³/mol. The molecule has 3 aromatic heterocycles. The van der Waals surface area contributed by atoms with Gasteiger partial charge in [-0.25, -0.2) is 9.78 Å². The first kappa shape index (κ1) is 20.0. The van der Waals surface area contributed by atoms with Crippen LogP contribution in [-0.4, -0.2) is 54.1 Å². The van der Waals surface area contributed by atoms with E-state index in [2.05, 4.69) is 4.98 Å². The summed E-state index contributed by atoms with van der Waals surface area (Å²) < 4.78 is 5.95. The van der Waals surface area contributed by atoms with Crippen LogP contribution < -0.4 is 21.7 Å². The number of pyridine rings is 1. The number of imidazole rings is 1. The summed E-state index contributed by atoms with van der Waals surface area (Å²) >= 11 is 0. The van der Waals surface area contributed by atoms with E-state index in [0.29, 0.717) is 29.5 Å². The maximum Gasteiger partial charge on any atom is 0.332 e. The second-order valence-corrected chi connectivity index (χ2v) is 8.99. The molecular formula is C21H27N6O4+. The average molecular weight is 427 g/mol. The van der Waals surface area contributed by atoms with Crippen molar-refractivity contribution in [2.75, 3.05) is 19.6 Å². The molecule has 10 heteroatoms. The van der Waals surface area contributed by atoms with Crippen molar-refractivity contribution in [3.05, 3.63) is 61.4 Å². The van der Waals surface area contributed by atoms with Crippen molar-refractivity contribution in [3.8, 4) is 0 Å². The number of nitrogens with zero attached hydrogens (tertiary/aromatic N) is 5. The van der Waals surface area contributed by atoms with Crippen molar-refractivity contribution in [2.24, 2.45) is 20.0 Å². The van der Waals surface area contributed by atoms with Crippen LogP contribution in [0.15, 0.2) is 38.9 Å². The molecule has 164 valence electrons. The van der Waals surface area contributed by atoms with Gasteiger partial charge in [-0.1, -0.05) is 6.07 Å². The molecule has 0 saturated carbocycles. The lowest BCUT2D eigenvalue weighted by Crippen LogP contribution is -3.15. The van der Waals surface area contributed by atoms with Crippen LogP contribution in [0.3, 0.4) is 0 Å². The smallest absolute Gasteiger partial charge is 0.332 e. The average Bonchev–Trinajstić information content (AvgIpc) is 3.15. The zero-order valence-electron chi connectivity index (χ0n) is 17.7. The fourth-order valence-corrected chi connectivity index (χ4v) is 5.45. The Morgan fingerprint density at radius 1 is 1.19 bits per heavy atom. The van der Waals surface area contributed by atoms with Crippen molar-refractivity contribution in [1.82, 2.24) is 23.3 Å². The molecule has 1 fully saturated rings. The molecule has 0 aromatic carbocycles. The van der Waals surface area contributed by atoms with Crippen LogP contribution in [0.5, 0.6) is 0 Å². The number of hydrogen-bond acceptors (Lipinski definition) is 5. The number of piperidine rings is 1. The molecule has 2 N–H and O–H groups in total. The second-order valence-electron chi connectivity index (χ2n) is 8.99. The predicted octanol–water partition coefficient (Wildman–Crippen LogP) is -2.34. The molecule has 10 nitrogen and oxygen atoms in total. The fraction of sp³-hybridized carbons (Fsp3) is 0.524. The highest BCUT2D eigenvalue weighted by Gasteiger charge is 2.37. The van der Waals surface area contributed by atoms with Crippen LogP contribution in [0.4, 0.5) is 0 Å². The minimum absolute atomic E-state index is 0.0682. The molecule has 4 unspecified atom stereocenters. The van der Waals surface area contributed by atoms with E-state index >= 15 is 0 Å². The Kier molecular flexibility index (Phi) is 4.71. The van der Waals surface area contributed by atoms with Gasteiger partial charge >= 0.3 is 5.69 Å². The first-order chi connectivity index (χ1) is 14.8. The number of aliphatic hydroxyl groups is 1. The topological polar surface area (TPSA) is 108 Å². The summed E-state index contributed by atoms with van der Waals surface area (Å²) in [6.45, 7) is 3.31. The minimum atomic E-state index is -0.661. The van der Waals surface area contributed by atoms with Crippen molar-refractivity contribution < 1.29 is 10.0 Å². The summed E-state index contributed by atoms with van der Waals surface area (Å²) in [6, 6.07) is 5.49. The molecule has 0 aliphatic carbocycles. The van der Waals surface area contributed by atoms with Crippen LogP contribution in [-0.2, 0) is 27.2 Å². The lowest BCUT2D eigenvalue weighted by Gasteiger charge is -2.40. The standard InChI is InChI=1S/C21H26N6O4/c1-23-19-18(20(30)24(2)21(23)31)26(12-22-19)11-15(28)10-25-7-13-6-14(9-25)16-4-3-5-17(29)27(16)8-13/h3-5,12-15,28H,6-11H2,1-2H3/p+1. The number of fused-ring (bicyclic) bond motifs is 5. The van der Waals surface area contributed by atoms with Gasteiger partial charge in [-0.05, 0) is 12.5 Å². The highest BCUT2D eigenvalue weighted by molar-refractivity contribution is 5.69. The Labute approximate surface area is 177 Å². The summed E-state index contributed by atoms with van der Waals surface area (Å²) in [6.07, 6.45) is 1.93. The van der Waals surface area contributed by atoms with Crippen LogP contribution in [0.25, 0.3) is 11.2 Å². The summed E-state index contributed by atoms with van der Waals surface area (Å²) in [5, 5.41) is 10.8. The van der Waals surface area contributed by atoms with Crippen LogP contribution in [0, 0.1) is 5.92 Å². The maximum atomic E-state index is 12.6. The lowest BCUT2D eigenvalue weighted by atomic mass is 9.83. The van der Waals surface area contributed by atoms with Gasteiger partial charge in [0, 0.05) is 44.2 Å². The Balaban J connectivity index is 1.34. The monoisotopic (exact) mass is 427 g/mol. The third-order valence-corrected chi connectivity index (χ3v) is 6.82. The highest BCUT2D eigenvalue weighted by atomic mass is 16.3. The molecule has 2 bridgehead atoms. The van der Waals surface area contributed by atoms with Crippen LogP contribution in [0.2, 0.25) is 0 Å². The number of quaternary nitrogens is 1. The molecule has 5 rings (SSSR count). The van der Waals surface area contributed by atoms with Gasteiger partial charge < -0.3 is 19.1 Å². The second kappa shape index (κ2) is 7.31. The molecule has 0 radical (unpaired) electrons. The van der Waals surface area contributed by atoms with E-state index in [1.807, 2.05) is 16.7 Å². The van der Waals surface area contributed by atoms with Crippen molar-refractivity contribution in [2.45, 2.75) is 31.5 Å². The van der Waals surface area contributed by atoms with Crippen molar-refractivity contribution in [3.63, 3.8) is 0 Å². The molecule has 2 aliphatic heterocycles. The molecule has 1 saturated heterocycles. The molecular weight excluding hydrogens is 400 g/mol. The number of likely N-dealkylation sites (tertiary alicyclic amines) is 1. The lowest BCUT2D eigenvalue weighted by molar-refractivity contribution is -0.914. The Morgan fingerprint density at radius 2 is 2.00 bits per heavy atom. The maximum absolute atomic E-state index is 12.6. The molecule has 3 aromatic rings. The van der Waals surface area contributed by atoms with Crippen molar-refractivity contribution in [1.29, 1.82) is 0 Å². The zero-order valence-corrected chi connectivity index (χ0v) is 17.7. The van der Waals surface area contributed by atoms with Gasteiger partial charge in [-0.2, -0.15) is 0 Å². The number of aliphatic hydroxyl groups excluding tert-OH is 1. The minimum Gasteiger partial charge on any atom is -0.385 e. The molecule has 0 spiro atoms.